The molecule has 2 nitrogen and oxygen atoms in total. The zero-order valence-electron chi connectivity index (χ0n) is 6.65. The van der Waals surface area contributed by atoms with Gasteiger partial charge in [-0.25, -0.2) is 4.98 Å². The molecule has 0 bridgehead atoms. The van der Waals surface area contributed by atoms with Crippen LogP contribution in [0, 0.1) is 0 Å². The lowest BCUT2D eigenvalue weighted by Gasteiger charge is -1.79. The minimum absolute atomic E-state index is 0. The average Bonchev–Trinajstić information content (AvgIpc) is 2.49. The van der Waals surface area contributed by atoms with Gasteiger partial charge < -0.3 is 4.98 Å². The molecule has 1 aliphatic carbocycles. The summed E-state index contributed by atoms with van der Waals surface area (Å²) in [4.78, 5) is 7.25. The maximum atomic E-state index is 4.14. The smallest absolute Gasteiger partial charge is 0.0925 e. The second kappa shape index (κ2) is 3.40. The molecule has 0 radical (unpaired) electrons. The first-order valence-electron chi connectivity index (χ1n) is 3.98. The Balaban J connectivity index is 0.000000311. The van der Waals surface area contributed by atoms with Crippen molar-refractivity contribution in [2.75, 3.05) is 0 Å². The van der Waals surface area contributed by atoms with E-state index in [0.717, 1.165) is 0 Å². The fraction of sp³-hybridized carbons (Fsp3) is 0.625. The molecule has 1 N–H and O–H groups in total. The second-order valence-corrected chi connectivity index (χ2v) is 2.18. The molecule has 0 fully saturated rings. The number of aromatic nitrogens is 2. The normalized spacial score (nSPS) is 13.8. The standard InChI is InChI=1S/C6H8N2.C2H6.H2/c1-2-5-6(3-1)8-4-7-5;1-2;/h4H,1-3H2,(H,7,8);1-2H3;1H. The minimum atomic E-state index is 0. The quantitative estimate of drug-likeness (QED) is 0.587. The summed E-state index contributed by atoms with van der Waals surface area (Å²) in [5.74, 6) is 0. The summed E-state index contributed by atoms with van der Waals surface area (Å²) in [5.41, 5.74) is 2.63. The van der Waals surface area contributed by atoms with Gasteiger partial charge in [0, 0.05) is 7.12 Å². The van der Waals surface area contributed by atoms with Crippen LogP contribution in [0.4, 0.5) is 0 Å². The van der Waals surface area contributed by atoms with Crippen LogP contribution < -0.4 is 0 Å². The van der Waals surface area contributed by atoms with E-state index < -0.39 is 0 Å². The summed E-state index contributed by atoms with van der Waals surface area (Å²) in [7, 11) is 0. The number of aromatic amines is 1. The topological polar surface area (TPSA) is 28.7 Å². The molecular formula is C8H16N2. The van der Waals surface area contributed by atoms with Gasteiger partial charge in [-0.05, 0) is 19.3 Å². The number of hydrogen-bond acceptors (Lipinski definition) is 1. The first-order chi connectivity index (χ1) is 4.97. The Morgan fingerprint density at radius 1 is 1.50 bits per heavy atom. The lowest BCUT2D eigenvalue weighted by molar-refractivity contribution is 0.876. The molecule has 0 amide bonds. The molecule has 1 aromatic rings. The maximum absolute atomic E-state index is 4.14. The number of rotatable bonds is 0. The van der Waals surface area contributed by atoms with E-state index in [2.05, 4.69) is 9.97 Å². The Labute approximate surface area is 63.2 Å². The molecule has 2 heteroatoms. The molecule has 0 atom stereocenters. The monoisotopic (exact) mass is 140 g/mol. The van der Waals surface area contributed by atoms with E-state index in [0.29, 0.717) is 0 Å². The van der Waals surface area contributed by atoms with Gasteiger partial charge in [0.1, 0.15) is 0 Å². The molecule has 58 valence electrons. The number of nitrogens with one attached hydrogen (secondary N) is 1. The van der Waals surface area contributed by atoms with Crippen molar-refractivity contribution in [3.8, 4) is 0 Å². The van der Waals surface area contributed by atoms with Crippen molar-refractivity contribution in [2.24, 2.45) is 0 Å². The Hall–Kier alpha value is -0.790. The molecule has 1 heterocycles. The van der Waals surface area contributed by atoms with Crippen LogP contribution >= 0.6 is 0 Å². The van der Waals surface area contributed by atoms with Gasteiger partial charge in [0.05, 0.1) is 12.0 Å². The number of imidazole rings is 1. The van der Waals surface area contributed by atoms with Crippen molar-refractivity contribution in [1.29, 1.82) is 0 Å². The number of hydrogen-bond donors (Lipinski definition) is 1. The van der Waals surface area contributed by atoms with Crippen LogP contribution in [0.5, 0.6) is 0 Å². The summed E-state index contributed by atoms with van der Waals surface area (Å²) >= 11 is 0. The van der Waals surface area contributed by atoms with E-state index in [9.17, 15) is 0 Å². The predicted molar refractivity (Wildman–Crippen MR) is 44.1 cm³/mol. The van der Waals surface area contributed by atoms with Crippen molar-refractivity contribution in [3.05, 3.63) is 17.7 Å². The van der Waals surface area contributed by atoms with Crippen molar-refractivity contribution < 1.29 is 1.43 Å². The van der Waals surface area contributed by atoms with Crippen LogP contribution in [0.1, 0.15) is 33.1 Å². The summed E-state index contributed by atoms with van der Waals surface area (Å²) in [5, 5.41) is 0. The molecule has 0 saturated carbocycles. The van der Waals surface area contributed by atoms with Crippen molar-refractivity contribution in [2.45, 2.75) is 33.1 Å². The Bertz CT molecular complexity index is 177. The van der Waals surface area contributed by atoms with Crippen molar-refractivity contribution >= 4 is 0 Å². The second-order valence-electron chi connectivity index (χ2n) is 2.18. The van der Waals surface area contributed by atoms with Crippen LogP contribution in [0.2, 0.25) is 0 Å². The SMILES string of the molecule is CC.[HH].c1nc2c([nH]1)CCC2. The van der Waals surface area contributed by atoms with E-state index in [-0.39, 0.29) is 1.43 Å². The third-order valence-corrected chi connectivity index (χ3v) is 1.65. The molecule has 0 spiro atoms. The molecule has 0 aromatic carbocycles. The molecule has 0 saturated heterocycles. The van der Waals surface area contributed by atoms with Crippen LogP contribution in [-0.4, -0.2) is 9.97 Å². The first kappa shape index (κ1) is 7.32. The average molecular weight is 140 g/mol. The van der Waals surface area contributed by atoms with Crippen LogP contribution in [0.15, 0.2) is 6.33 Å². The lowest BCUT2D eigenvalue weighted by Crippen LogP contribution is -1.74. The summed E-state index contributed by atoms with van der Waals surface area (Å²) in [6, 6.07) is 0. The molecule has 10 heavy (non-hydrogen) atoms. The Morgan fingerprint density at radius 3 is 3.00 bits per heavy atom. The molecule has 0 aliphatic heterocycles. The number of H-pyrrole nitrogens is 1. The number of nitrogens with zero attached hydrogens (tertiary/aromatic N) is 1. The highest BCUT2D eigenvalue weighted by Gasteiger charge is 2.10. The van der Waals surface area contributed by atoms with E-state index in [4.69, 9.17) is 0 Å². The third kappa shape index (κ3) is 1.20. The lowest BCUT2D eigenvalue weighted by atomic mass is 10.4. The van der Waals surface area contributed by atoms with E-state index in [1.54, 1.807) is 6.33 Å². The van der Waals surface area contributed by atoms with E-state index in [1.807, 2.05) is 13.8 Å². The van der Waals surface area contributed by atoms with Crippen molar-refractivity contribution in [3.63, 3.8) is 0 Å². The number of fused-ring (bicyclic) bond motifs is 1. The zero-order valence-corrected chi connectivity index (χ0v) is 6.65. The fourth-order valence-electron chi connectivity index (χ4n) is 1.21. The fourth-order valence-corrected chi connectivity index (χ4v) is 1.21. The number of aryl methyl sites for hydroxylation is 2. The summed E-state index contributed by atoms with van der Waals surface area (Å²) in [6.45, 7) is 4.00. The largest absolute Gasteiger partial charge is 0.348 e. The predicted octanol–water partition coefficient (Wildman–Crippen LogP) is 2.17. The first-order valence-corrected chi connectivity index (χ1v) is 3.98. The van der Waals surface area contributed by atoms with Gasteiger partial charge >= 0.3 is 0 Å². The summed E-state index contributed by atoms with van der Waals surface area (Å²) < 4.78 is 0. The molecule has 1 aliphatic rings. The molecule has 0 unspecified atom stereocenters. The van der Waals surface area contributed by atoms with Gasteiger partial charge in [0.2, 0.25) is 0 Å². The minimum Gasteiger partial charge on any atom is -0.348 e. The highest BCUT2D eigenvalue weighted by molar-refractivity contribution is 5.15. The van der Waals surface area contributed by atoms with Crippen LogP contribution in [0.3, 0.4) is 0 Å². The highest BCUT2D eigenvalue weighted by Crippen LogP contribution is 2.15. The summed E-state index contributed by atoms with van der Waals surface area (Å²) in [6.07, 6.45) is 5.45. The third-order valence-electron chi connectivity index (χ3n) is 1.65. The Kier molecular flexibility index (Phi) is 2.49. The van der Waals surface area contributed by atoms with E-state index >= 15 is 0 Å². The van der Waals surface area contributed by atoms with Crippen LogP contribution in [0.25, 0.3) is 0 Å². The molecule has 1 aromatic heterocycles. The van der Waals surface area contributed by atoms with Crippen LogP contribution in [-0.2, 0) is 12.8 Å². The zero-order chi connectivity index (χ0) is 7.40. The molecular weight excluding hydrogens is 124 g/mol. The van der Waals surface area contributed by atoms with Gasteiger partial charge in [-0.15, -0.1) is 0 Å². The molecule has 2 rings (SSSR count). The maximum Gasteiger partial charge on any atom is 0.0925 e. The van der Waals surface area contributed by atoms with Gasteiger partial charge in [0.15, 0.2) is 0 Å². The van der Waals surface area contributed by atoms with E-state index in [1.165, 1.54) is 30.7 Å². The van der Waals surface area contributed by atoms with Gasteiger partial charge in [0.25, 0.3) is 0 Å². The van der Waals surface area contributed by atoms with Gasteiger partial charge in [-0.2, -0.15) is 0 Å². The van der Waals surface area contributed by atoms with Gasteiger partial charge in [-0.1, -0.05) is 13.8 Å². The van der Waals surface area contributed by atoms with Crippen molar-refractivity contribution in [1.82, 2.24) is 9.97 Å². The van der Waals surface area contributed by atoms with Gasteiger partial charge in [-0.3, -0.25) is 0 Å². The Morgan fingerprint density at radius 2 is 2.30 bits per heavy atom. The highest BCUT2D eigenvalue weighted by atomic mass is 14.9.